The lowest BCUT2D eigenvalue weighted by molar-refractivity contribution is -0.136. The molecule has 0 unspecified atom stereocenters. The van der Waals surface area contributed by atoms with Gasteiger partial charge in [-0.1, -0.05) is 38.4 Å². The molecule has 22 heavy (non-hydrogen) atoms. The monoisotopic (exact) mass is 347 g/mol. The second-order valence-corrected chi connectivity index (χ2v) is 6.53. The summed E-state index contributed by atoms with van der Waals surface area (Å²) in [4.78, 5) is 25.4. The number of likely N-dealkylation sites (N-methyl/N-ethyl adjacent to an activating group) is 1. The Labute approximate surface area is 142 Å². The van der Waals surface area contributed by atoms with E-state index in [1.807, 2.05) is 20.8 Å². The van der Waals surface area contributed by atoms with Crippen LogP contribution in [-0.4, -0.2) is 36.3 Å². The zero-order chi connectivity index (χ0) is 16.2. The number of amides is 2. The Kier molecular flexibility index (Phi) is 7.87. The molecular weight excluding hydrogens is 325 g/mol. The second-order valence-electron chi connectivity index (χ2n) is 6.10. The van der Waals surface area contributed by atoms with Crippen molar-refractivity contribution in [3.63, 3.8) is 0 Å². The van der Waals surface area contributed by atoms with Crippen molar-refractivity contribution in [2.75, 3.05) is 18.9 Å². The number of hydrogen-bond acceptors (Lipinski definition) is 3. The summed E-state index contributed by atoms with van der Waals surface area (Å²) in [6.45, 7) is 5.59. The van der Waals surface area contributed by atoms with Crippen LogP contribution in [0.4, 0.5) is 5.69 Å². The minimum atomic E-state index is -0.651. The molecule has 0 heterocycles. The van der Waals surface area contributed by atoms with E-state index in [0.29, 0.717) is 10.7 Å². The Bertz CT molecular complexity index is 530. The zero-order valence-electron chi connectivity index (χ0n) is 13.2. The van der Waals surface area contributed by atoms with Gasteiger partial charge in [-0.3, -0.25) is 9.59 Å². The molecule has 5 nitrogen and oxygen atoms in total. The van der Waals surface area contributed by atoms with Gasteiger partial charge in [0.15, 0.2) is 0 Å². The Hall–Kier alpha value is -1.30. The molecule has 0 bridgehead atoms. The fourth-order valence-corrected chi connectivity index (χ4v) is 1.86. The van der Waals surface area contributed by atoms with E-state index in [-0.39, 0.29) is 36.2 Å². The average molecular weight is 348 g/mol. The van der Waals surface area contributed by atoms with Gasteiger partial charge in [0, 0.05) is 17.8 Å². The summed E-state index contributed by atoms with van der Waals surface area (Å²) < 4.78 is 0. The van der Waals surface area contributed by atoms with Gasteiger partial charge in [0.1, 0.15) is 0 Å². The smallest absolute Gasteiger partial charge is 0.243 e. The first kappa shape index (κ1) is 20.7. The van der Waals surface area contributed by atoms with Crippen LogP contribution in [0.25, 0.3) is 0 Å². The maximum absolute atomic E-state index is 12.1. The van der Waals surface area contributed by atoms with Crippen molar-refractivity contribution in [2.45, 2.75) is 26.8 Å². The molecular formula is C15H23Cl2N3O2. The van der Waals surface area contributed by atoms with Crippen molar-refractivity contribution >= 4 is 41.5 Å². The third-order valence-electron chi connectivity index (χ3n) is 3.06. The molecule has 1 aromatic rings. The van der Waals surface area contributed by atoms with E-state index in [1.165, 1.54) is 4.90 Å². The average Bonchev–Trinajstić information content (AvgIpc) is 2.35. The molecule has 0 spiro atoms. The van der Waals surface area contributed by atoms with Crippen molar-refractivity contribution in [3.05, 3.63) is 29.3 Å². The van der Waals surface area contributed by atoms with Gasteiger partial charge in [0.05, 0.1) is 12.6 Å². The van der Waals surface area contributed by atoms with Crippen LogP contribution in [0.1, 0.15) is 20.8 Å². The lowest BCUT2D eigenvalue weighted by Crippen LogP contribution is -2.50. The Morgan fingerprint density at radius 2 is 1.95 bits per heavy atom. The van der Waals surface area contributed by atoms with E-state index in [2.05, 4.69) is 5.32 Å². The van der Waals surface area contributed by atoms with Crippen molar-refractivity contribution in [3.8, 4) is 0 Å². The van der Waals surface area contributed by atoms with Crippen molar-refractivity contribution in [1.82, 2.24) is 4.90 Å². The summed E-state index contributed by atoms with van der Waals surface area (Å²) in [5.74, 6) is -0.557. The summed E-state index contributed by atoms with van der Waals surface area (Å²) in [5, 5.41) is 3.22. The molecule has 0 aliphatic rings. The highest BCUT2D eigenvalue weighted by atomic mass is 35.5. The van der Waals surface area contributed by atoms with Gasteiger partial charge in [-0.15, -0.1) is 12.4 Å². The summed E-state index contributed by atoms with van der Waals surface area (Å²) in [6, 6.07) is 6.17. The first-order valence-corrected chi connectivity index (χ1v) is 7.05. The highest BCUT2D eigenvalue weighted by Crippen LogP contribution is 2.19. The van der Waals surface area contributed by atoms with Gasteiger partial charge in [-0.2, -0.15) is 0 Å². The second kappa shape index (κ2) is 8.36. The molecule has 0 aromatic heterocycles. The Balaban J connectivity index is 0.00000441. The van der Waals surface area contributed by atoms with E-state index in [0.717, 1.165) is 0 Å². The fraction of sp³-hybridized carbons (Fsp3) is 0.467. The number of nitrogens with one attached hydrogen (secondary N) is 1. The van der Waals surface area contributed by atoms with E-state index in [1.54, 1.807) is 31.3 Å². The lowest BCUT2D eigenvalue weighted by Gasteiger charge is -2.29. The maximum atomic E-state index is 12.1. The number of benzene rings is 1. The summed E-state index contributed by atoms with van der Waals surface area (Å²) in [7, 11) is 1.56. The van der Waals surface area contributed by atoms with Crippen LogP contribution >= 0.6 is 24.0 Å². The van der Waals surface area contributed by atoms with Gasteiger partial charge >= 0.3 is 0 Å². The first-order chi connectivity index (χ1) is 9.61. The fourth-order valence-electron chi connectivity index (χ4n) is 1.67. The number of rotatable bonds is 4. The zero-order valence-corrected chi connectivity index (χ0v) is 14.8. The van der Waals surface area contributed by atoms with Crippen molar-refractivity contribution in [1.29, 1.82) is 0 Å². The quantitative estimate of drug-likeness (QED) is 0.878. The van der Waals surface area contributed by atoms with Gasteiger partial charge < -0.3 is 16.0 Å². The molecule has 0 radical (unpaired) electrons. The SMILES string of the molecule is CN(CC(=O)Nc1cccc(Cl)c1)C(=O)[C@@H](N)C(C)(C)C.Cl. The number of carbonyl (C=O) groups is 2. The van der Waals surface area contributed by atoms with Crippen LogP contribution in [-0.2, 0) is 9.59 Å². The summed E-state index contributed by atoms with van der Waals surface area (Å²) >= 11 is 5.84. The van der Waals surface area contributed by atoms with Crippen LogP contribution in [0.15, 0.2) is 24.3 Å². The molecule has 0 saturated heterocycles. The molecule has 0 aliphatic carbocycles. The molecule has 0 aliphatic heterocycles. The van der Waals surface area contributed by atoms with Crippen molar-refractivity contribution in [2.24, 2.45) is 11.1 Å². The molecule has 1 aromatic carbocycles. The standard InChI is InChI=1S/C15H22ClN3O2.ClH/c1-15(2,3)13(17)14(21)19(4)9-12(20)18-11-7-5-6-10(16)8-11;/h5-8,13H,9,17H2,1-4H3,(H,18,20);1H/t13-;/m1./s1. The highest BCUT2D eigenvalue weighted by molar-refractivity contribution is 6.30. The Morgan fingerprint density at radius 1 is 1.36 bits per heavy atom. The number of nitrogens with zero attached hydrogens (tertiary/aromatic N) is 1. The maximum Gasteiger partial charge on any atom is 0.243 e. The van der Waals surface area contributed by atoms with E-state index < -0.39 is 6.04 Å². The van der Waals surface area contributed by atoms with Gasteiger partial charge in [0.2, 0.25) is 11.8 Å². The van der Waals surface area contributed by atoms with Crippen LogP contribution in [0.5, 0.6) is 0 Å². The molecule has 1 rings (SSSR count). The molecule has 7 heteroatoms. The third-order valence-corrected chi connectivity index (χ3v) is 3.30. The van der Waals surface area contributed by atoms with Crippen LogP contribution in [0.2, 0.25) is 5.02 Å². The van der Waals surface area contributed by atoms with Gasteiger partial charge in [-0.25, -0.2) is 0 Å². The van der Waals surface area contributed by atoms with E-state index in [4.69, 9.17) is 17.3 Å². The number of hydrogen-bond donors (Lipinski definition) is 2. The van der Waals surface area contributed by atoms with Crippen molar-refractivity contribution < 1.29 is 9.59 Å². The molecule has 3 N–H and O–H groups in total. The number of carbonyl (C=O) groups excluding carboxylic acids is 2. The normalized spacial score (nSPS) is 12.1. The predicted octanol–water partition coefficient (Wildman–Crippen LogP) is 2.53. The minimum Gasteiger partial charge on any atom is -0.335 e. The first-order valence-electron chi connectivity index (χ1n) is 6.67. The number of halogens is 2. The lowest BCUT2D eigenvalue weighted by atomic mass is 9.86. The van der Waals surface area contributed by atoms with E-state index in [9.17, 15) is 9.59 Å². The van der Waals surface area contributed by atoms with Gasteiger partial charge in [-0.05, 0) is 23.6 Å². The summed E-state index contributed by atoms with van der Waals surface area (Å²) in [6.07, 6.45) is 0. The highest BCUT2D eigenvalue weighted by Gasteiger charge is 2.30. The largest absolute Gasteiger partial charge is 0.335 e. The van der Waals surface area contributed by atoms with Gasteiger partial charge in [0.25, 0.3) is 0 Å². The predicted molar refractivity (Wildman–Crippen MR) is 92.4 cm³/mol. The molecule has 1 atom stereocenters. The number of anilines is 1. The molecule has 2 amide bonds. The van der Waals surface area contributed by atoms with Crippen LogP contribution in [0, 0.1) is 5.41 Å². The topological polar surface area (TPSA) is 75.4 Å². The molecule has 0 fully saturated rings. The molecule has 0 saturated carbocycles. The number of nitrogens with two attached hydrogens (primary N) is 1. The van der Waals surface area contributed by atoms with Crippen LogP contribution in [0.3, 0.4) is 0 Å². The molecule has 124 valence electrons. The minimum absolute atomic E-state index is 0. The van der Waals surface area contributed by atoms with Crippen LogP contribution < -0.4 is 11.1 Å². The third kappa shape index (κ3) is 6.22. The Morgan fingerprint density at radius 3 is 2.45 bits per heavy atom. The van der Waals surface area contributed by atoms with E-state index >= 15 is 0 Å². The summed E-state index contributed by atoms with van der Waals surface area (Å²) in [5.41, 5.74) is 6.14.